The van der Waals surface area contributed by atoms with Crippen molar-refractivity contribution in [3.63, 3.8) is 0 Å². The fourth-order valence-electron chi connectivity index (χ4n) is 2.65. The van der Waals surface area contributed by atoms with Crippen LogP contribution in [0.15, 0.2) is 27.4 Å². The van der Waals surface area contributed by atoms with Crippen LogP contribution in [0.3, 0.4) is 0 Å². The van der Waals surface area contributed by atoms with E-state index >= 15 is 0 Å². The topological polar surface area (TPSA) is 72.4 Å². The molecule has 0 bridgehead atoms. The summed E-state index contributed by atoms with van der Waals surface area (Å²) >= 11 is 0. The average molecular weight is 289 g/mol. The lowest BCUT2D eigenvalue weighted by Gasteiger charge is -2.30. The minimum absolute atomic E-state index is 0.240. The minimum Gasteiger partial charge on any atom is -0.472 e. The Labute approximate surface area is 123 Å². The molecule has 0 N–H and O–H groups in total. The van der Waals surface area contributed by atoms with Crippen molar-refractivity contribution in [1.82, 2.24) is 15.1 Å². The highest BCUT2D eigenvalue weighted by Crippen LogP contribution is 2.29. The minimum atomic E-state index is 0.240. The zero-order valence-corrected chi connectivity index (χ0v) is 12.1. The van der Waals surface area contributed by atoms with Crippen molar-refractivity contribution in [3.05, 3.63) is 24.5 Å². The molecule has 2 aromatic rings. The Balaban J connectivity index is 1.61. The predicted octanol–water partition coefficient (Wildman–Crippen LogP) is 2.84. The maximum Gasteiger partial charge on any atom is 0.250 e. The zero-order chi connectivity index (χ0) is 14.7. The van der Waals surface area contributed by atoms with Crippen LogP contribution in [0.4, 0.5) is 0 Å². The summed E-state index contributed by atoms with van der Waals surface area (Å²) < 4.78 is 10.7. The standard InChI is InChI=1S/C15H19N3O3/c1-2-3-13(19)18-7-4-11(5-8-18)14-16-17-15(21-14)12-6-9-20-10-12/h6,9-11H,2-5,7-8H2,1H3. The van der Waals surface area contributed by atoms with E-state index < -0.39 is 0 Å². The maximum absolute atomic E-state index is 11.9. The van der Waals surface area contributed by atoms with E-state index in [2.05, 4.69) is 10.2 Å². The molecule has 6 heteroatoms. The Kier molecular flexibility index (Phi) is 4.03. The number of rotatable bonds is 4. The third kappa shape index (κ3) is 2.99. The SMILES string of the molecule is CCCC(=O)N1CCC(c2nnc(-c3ccoc3)o2)CC1. The lowest BCUT2D eigenvalue weighted by atomic mass is 9.96. The van der Waals surface area contributed by atoms with Gasteiger partial charge >= 0.3 is 0 Å². The highest BCUT2D eigenvalue weighted by atomic mass is 16.4. The molecular weight excluding hydrogens is 270 g/mol. The summed E-state index contributed by atoms with van der Waals surface area (Å²) in [6.07, 6.45) is 6.46. The number of likely N-dealkylation sites (tertiary alicyclic amines) is 1. The molecule has 6 nitrogen and oxygen atoms in total. The van der Waals surface area contributed by atoms with Gasteiger partial charge in [-0.1, -0.05) is 6.92 Å². The van der Waals surface area contributed by atoms with Gasteiger partial charge in [-0.15, -0.1) is 10.2 Å². The fraction of sp³-hybridized carbons (Fsp3) is 0.533. The lowest BCUT2D eigenvalue weighted by molar-refractivity contribution is -0.132. The number of carbonyl (C=O) groups is 1. The first-order chi connectivity index (χ1) is 10.3. The van der Waals surface area contributed by atoms with Crippen molar-refractivity contribution in [1.29, 1.82) is 0 Å². The van der Waals surface area contributed by atoms with Crippen LogP contribution in [-0.4, -0.2) is 34.1 Å². The first-order valence-corrected chi connectivity index (χ1v) is 7.41. The second kappa shape index (κ2) is 6.11. The van der Waals surface area contributed by atoms with Crippen LogP contribution >= 0.6 is 0 Å². The van der Waals surface area contributed by atoms with Crippen LogP contribution in [0, 0.1) is 0 Å². The van der Waals surface area contributed by atoms with E-state index in [0.717, 1.165) is 37.9 Å². The van der Waals surface area contributed by atoms with Crippen LogP contribution < -0.4 is 0 Å². The summed E-state index contributed by atoms with van der Waals surface area (Å²) in [5.41, 5.74) is 0.796. The molecule has 0 unspecified atom stereocenters. The van der Waals surface area contributed by atoms with E-state index in [-0.39, 0.29) is 11.8 Å². The third-order valence-corrected chi connectivity index (χ3v) is 3.87. The number of piperidine rings is 1. The summed E-state index contributed by atoms with van der Waals surface area (Å²) in [4.78, 5) is 13.8. The normalized spacial score (nSPS) is 16.3. The quantitative estimate of drug-likeness (QED) is 0.865. The largest absolute Gasteiger partial charge is 0.472 e. The van der Waals surface area contributed by atoms with Crippen LogP contribution in [0.1, 0.15) is 44.4 Å². The highest BCUT2D eigenvalue weighted by Gasteiger charge is 2.27. The summed E-state index contributed by atoms with van der Waals surface area (Å²) in [6.45, 7) is 3.57. The summed E-state index contributed by atoms with van der Waals surface area (Å²) in [5.74, 6) is 1.64. The molecule has 2 aromatic heterocycles. The molecule has 0 atom stereocenters. The predicted molar refractivity (Wildman–Crippen MR) is 75.5 cm³/mol. The number of hydrogen-bond donors (Lipinski definition) is 0. The summed E-state index contributed by atoms with van der Waals surface area (Å²) in [7, 11) is 0. The van der Waals surface area contributed by atoms with Crippen molar-refractivity contribution in [3.8, 4) is 11.5 Å². The molecule has 21 heavy (non-hydrogen) atoms. The third-order valence-electron chi connectivity index (χ3n) is 3.87. The maximum atomic E-state index is 11.9. The van der Waals surface area contributed by atoms with Crippen molar-refractivity contribution >= 4 is 5.91 Å². The molecule has 3 heterocycles. The molecule has 0 aromatic carbocycles. The molecule has 112 valence electrons. The number of furan rings is 1. The van der Waals surface area contributed by atoms with Crippen molar-refractivity contribution < 1.29 is 13.6 Å². The fourth-order valence-corrected chi connectivity index (χ4v) is 2.65. The second-order valence-electron chi connectivity index (χ2n) is 5.36. The van der Waals surface area contributed by atoms with E-state index in [0.29, 0.717) is 18.2 Å². The van der Waals surface area contributed by atoms with Gasteiger partial charge in [-0.05, 0) is 25.3 Å². The first-order valence-electron chi connectivity index (χ1n) is 7.41. The molecule has 0 spiro atoms. The number of nitrogens with zero attached hydrogens (tertiary/aromatic N) is 3. The first kappa shape index (κ1) is 13.9. The van der Waals surface area contributed by atoms with Crippen molar-refractivity contribution in [2.75, 3.05) is 13.1 Å². The van der Waals surface area contributed by atoms with Gasteiger partial charge in [0.05, 0.1) is 11.8 Å². The number of carbonyl (C=O) groups excluding carboxylic acids is 1. The van der Waals surface area contributed by atoms with E-state index in [9.17, 15) is 4.79 Å². The van der Waals surface area contributed by atoms with E-state index in [1.54, 1.807) is 18.6 Å². The van der Waals surface area contributed by atoms with Gasteiger partial charge in [-0.25, -0.2) is 0 Å². The van der Waals surface area contributed by atoms with Crippen LogP contribution in [0.5, 0.6) is 0 Å². The monoisotopic (exact) mass is 289 g/mol. The van der Waals surface area contributed by atoms with Gasteiger partial charge in [-0.2, -0.15) is 0 Å². The molecule has 1 aliphatic rings. The van der Waals surface area contributed by atoms with Crippen molar-refractivity contribution in [2.24, 2.45) is 0 Å². The van der Waals surface area contributed by atoms with Crippen LogP contribution in [0.2, 0.25) is 0 Å². The van der Waals surface area contributed by atoms with E-state index in [4.69, 9.17) is 8.83 Å². The zero-order valence-electron chi connectivity index (χ0n) is 12.1. The van der Waals surface area contributed by atoms with Gasteiger partial charge < -0.3 is 13.7 Å². The summed E-state index contributed by atoms with van der Waals surface area (Å²) in [5, 5.41) is 8.20. The smallest absolute Gasteiger partial charge is 0.250 e. The molecule has 3 rings (SSSR count). The van der Waals surface area contributed by atoms with Crippen LogP contribution in [0.25, 0.3) is 11.5 Å². The Morgan fingerprint density at radius 1 is 1.38 bits per heavy atom. The molecule has 1 saturated heterocycles. The average Bonchev–Trinajstić information content (AvgIpc) is 3.19. The van der Waals surface area contributed by atoms with Gasteiger partial charge in [0.15, 0.2) is 0 Å². The summed E-state index contributed by atoms with van der Waals surface area (Å²) in [6, 6.07) is 1.79. The Hall–Kier alpha value is -2.11. The van der Waals surface area contributed by atoms with E-state index in [1.807, 2.05) is 11.8 Å². The molecule has 0 saturated carbocycles. The highest BCUT2D eigenvalue weighted by molar-refractivity contribution is 5.76. The Bertz CT molecular complexity index is 583. The Morgan fingerprint density at radius 3 is 2.86 bits per heavy atom. The number of amides is 1. The van der Waals surface area contributed by atoms with E-state index in [1.165, 1.54) is 0 Å². The van der Waals surface area contributed by atoms with Gasteiger partial charge in [0.2, 0.25) is 11.8 Å². The van der Waals surface area contributed by atoms with Crippen molar-refractivity contribution in [2.45, 2.75) is 38.5 Å². The second-order valence-corrected chi connectivity index (χ2v) is 5.36. The molecule has 1 fully saturated rings. The molecular formula is C15H19N3O3. The molecule has 1 amide bonds. The van der Waals surface area contributed by atoms with Crippen LogP contribution in [-0.2, 0) is 4.79 Å². The molecule has 0 aliphatic carbocycles. The molecule has 1 aliphatic heterocycles. The lowest BCUT2D eigenvalue weighted by Crippen LogP contribution is -2.37. The van der Waals surface area contributed by atoms with Gasteiger partial charge in [0.1, 0.15) is 6.26 Å². The van der Waals surface area contributed by atoms with Gasteiger partial charge in [0.25, 0.3) is 5.89 Å². The van der Waals surface area contributed by atoms with Gasteiger partial charge in [-0.3, -0.25) is 4.79 Å². The molecule has 0 radical (unpaired) electrons. The number of hydrogen-bond acceptors (Lipinski definition) is 5. The Morgan fingerprint density at radius 2 is 2.19 bits per heavy atom. The van der Waals surface area contributed by atoms with Gasteiger partial charge in [0, 0.05) is 25.4 Å². The number of aromatic nitrogens is 2.